The second-order valence-electron chi connectivity index (χ2n) is 17.4. The van der Waals surface area contributed by atoms with Crippen LogP contribution in [0.3, 0.4) is 0 Å². The number of H-pyrrole nitrogens is 3. The Bertz CT molecular complexity index is 3120. The molecule has 3 aromatic rings. The van der Waals surface area contributed by atoms with E-state index < -0.39 is 166 Å². The quantitative estimate of drug-likeness (QED) is 0.177. The average Bonchev–Trinajstić information content (AvgIpc) is 4.03. The number of phosphoric ester groups is 4. The number of hydrogen-bond donors (Lipinski definition) is 7. The molecule has 4 aliphatic heterocycles. The second kappa shape index (κ2) is 24.7. The van der Waals surface area contributed by atoms with Crippen molar-refractivity contribution in [1.82, 2.24) is 28.7 Å². The molecule has 0 amide bonds. The molecule has 4 unspecified atom stereocenters. The smallest absolute Gasteiger partial charge is 0.396 e. The lowest BCUT2D eigenvalue weighted by molar-refractivity contribution is -0.0618. The monoisotopic (exact) mass is 1150 g/mol. The molecule has 3 saturated heterocycles. The summed E-state index contributed by atoms with van der Waals surface area (Å²) in [5.74, 6) is 0. The van der Waals surface area contributed by atoms with Crippen molar-refractivity contribution < 1.29 is 93.1 Å². The van der Waals surface area contributed by atoms with Crippen LogP contribution in [0, 0.1) is 20.8 Å². The van der Waals surface area contributed by atoms with Crippen molar-refractivity contribution in [2.45, 2.75) is 121 Å². The summed E-state index contributed by atoms with van der Waals surface area (Å²) in [5, 5.41) is 3.66. The number of ether oxygens (including phenoxy) is 3. The number of aromatic amines is 3. The van der Waals surface area contributed by atoms with Crippen LogP contribution in [0.25, 0.3) is 0 Å². The summed E-state index contributed by atoms with van der Waals surface area (Å²) >= 11 is 0. The van der Waals surface area contributed by atoms with Crippen LogP contribution < -0.4 is 33.7 Å². The van der Waals surface area contributed by atoms with Crippen molar-refractivity contribution in [1.29, 1.82) is 0 Å². The second-order valence-corrected chi connectivity index (χ2v) is 23.1. The summed E-state index contributed by atoms with van der Waals surface area (Å²) in [6.07, 6.45) is -8.68. The predicted octanol–water partition coefficient (Wildman–Crippen LogP) is 0.641. The van der Waals surface area contributed by atoms with Crippen LogP contribution in [0.5, 0.6) is 0 Å². The van der Waals surface area contributed by atoms with Crippen LogP contribution in [0.15, 0.2) is 52.5 Å². The van der Waals surface area contributed by atoms with Gasteiger partial charge in [-0.2, -0.15) is 0 Å². The van der Waals surface area contributed by atoms with E-state index >= 15 is 0 Å². The maximum atomic E-state index is 13.8. The van der Waals surface area contributed by atoms with E-state index in [1.807, 2.05) is 0 Å². The van der Waals surface area contributed by atoms with Crippen LogP contribution in [-0.2, 0) is 73.5 Å². The lowest BCUT2D eigenvalue weighted by Gasteiger charge is -2.25. The molecule has 0 bridgehead atoms. The van der Waals surface area contributed by atoms with E-state index in [4.69, 9.17) is 55.2 Å². The van der Waals surface area contributed by atoms with Gasteiger partial charge in [0.25, 0.3) is 16.7 Å². The Morgan fingerprint density at radius 2 is 0.827 bits per heavy atom. The molecule has 4 aliphatic rings. The van der Waals surface area contributed by atoms with Gasteiger partial charge in [-0.15, -0.1) is 0 Å². The zero-order valence-corrected chi connectivity index (χ0v) is 43.6. The van der Waals surface area contributed by atoms with Gasteiger partial charge in [0.1, 0.15) is 61.9 Å². The van der Waals surface area contributed by atoms with Gasteiger partial charge >= 0.3 is 48.4 Å². The van der Waals surface area contributed by atoms with E-state index in [-0.39, 0.29) is 36.3 Å². The average molecular weight is 1150 g/mol. The summed E-state index contributed by atoms with van der Waals surface area (Å²) in [4.78, 5) is 130. The first-order valence-electron chi connectivity index (χ1n) is 22.9. The van der Waals surface area contributed by atoms with E-state index in [0.717, 1.165) is 38.5 Å². The van der Waals surface area contributed by atoms with Gasteiger partial charge in [-0.05, 0) is 40.0 Å². The third-order valence-corrected chi connectivity index (χ3v) is 15.8. The summed E-state index contributed by atoms with van der Waals surface area (Å²) in [6, 6.07) is 0. The highest BCUT2D eigenvalue weighted by Gasteiger charge is 2.48. The molecule has 3 aromatic heterocycles. The van der Waals surface area contributed by atoms with Gasteiger partial charge in [0.15, 0.2) is 0 Å². The standard InChI is InChI=1S/C38H55N7O26P4/c1-21-15-43(36(49)40-33(21)46)30-12-24-28(67-30)19-64-75(58,59)71-26-14-32(45-17-23(3)35(48)42-38(45)51)68-29(26)20-65-74(56,57)70-25-13-31(44-16-22(2)34(47)41-37(44)50)66-27(25)18-63-72(52,53)61-10-7-5-4-6-9-60-39-8-11-62-73(54,55)69-24/h8,15-17,24-32H,4-7,9-14,18-20H2,1-3H3,(H,52,53)(H,54,55)(H,56,57)(H,58,59)(H,40,46,49)(H,41,47,50)(H,42,48,51)/b39-8+/t24-,25-,26-,27+,28+,29+,30+,31+,32+/m0/s1. The molecule has 7 heterocycles. The molecule has 0 aliphatic carbocycles. The first-order valence-corrected chi connectivity index (χ1v) is 28.9. The minimum atomic E-state index is -5.40. The number of rotatable bonds is 3. The third-order valence-electron chi connectivity index (χ3n) is 11.8. The highest BCUT2D eigenvalue weighted by molar-refractivity contribution is 7.48. The highest BCUT2D eigenvalue weighted by atomic mass is 31.2. The van der Waals surface area contributed by atoms with E-state index in [2.05, 4.69) is 20.1 Å². The van der Waals surface area contributed by atoms with Gasteiger partial charge in [0, 0.05) is 54.5 Å². The largest absolute Gasteiger partial charge is 0.472 e. The van der Waals surface area contributed by atoms with E-state index in [1.54, 1.807) is 0 Å². The van der Waals surface area contributed by atoms with Gasteiger partial charge in [-0.3, -0.25) is 79.2 Å². The lowest BCUT2D eigenvalue weighted by Crippen LogP contribution is -2.33. The van der Waals surface area contributed by atoms with Gasteiger partial charge in [-0.1, -0.05) is 11.6 Å². The zero-order valence-electron chi connectivity index (χ0n) is 40.0. The molecule has 75 heavy (non-hydrogen) atoms. The number of oxime groups is 1. The van der Waals surface area contributed by atoms with Crippen molar-refractivity contribution in [3.8, 4) is 0 Å². The van der Waals surface area contributed by atoms with Gasteiger partial charge < -0.3 is 38.6 Å². The molecule has 0 radical (unpaired) electrons. The molecule has 7 rings (SSSR count). The Morgan fingerprint density at radius 1 is 0.480 bits per heavy atom. The normalized spacial score (nSPS) is 36.0. The van der Waals surface area contributed by atoms with Crippen LogP contribution in [0.2, 0.25) is 0 Å². The lowest BCUT2D eigenvalue weighted by atomic mass is 10.2. The van der Waals surface area contributed by atoms with Crippen LogP contribution >= 0.6 is 31.3 Å². The molecule has 0 aromatic carbocycles. The van der Waals surface area contributed by atoms with Crippen molar-refractivity contribution in [2.75, 3.05) is 39.6 Å². The number of fused-ring (bicyclic) bond motifs is 3. The van der Waals surface area contributed by atoms with Crippen molar-refractivity contribution in [2.24, 2.45) is 5.16 Å². The van der Waals surface area contributed by atoms with E-state index in [9.17, 15) is 66.6 Å². The number of phosphoric acid groups is 4. The Hall–Kier alpha value is -4.17. The Morgan fingerprint density at radius 3 is 1.21 bits per heavy atom. The van der Waals surface area contributed by atoms with Crippen molar-refractivity contribution >= 4 is 37.5 Å². The first kappa shape index (κ1) is 58.5. The first-order chi connectivity index (χ1) is 35.3. The van der Waals surface area contributed by atoms with Crippen molar-refractivity contribution in [3.63, 3.8) is 0 Å². The van der Waals surface area contributed by atoms with Gasteiger partial charge in [0.05, 0.1) is 39.2 Å². The molecule has 13 atom stereocenters. The molecule has 3 fully saturated rings. The third kappa shape index (κ3) is 16.0. The number of hydrogen-bond acceptors (Lipinski definition) is 23. The summed E-state index contributed by atoms with van der Waals surface area (Å²) in [5.41, 5.74) is -4.87. The Kier molecular flexibility index (Phi) is 19.2. The molecular weight excluding hydrogens is 1090 g/mol. The molecule has 0 saturated carbocycles. The van der Waals surface area contributed by atoms with Gasteiger partial charge in [-0.25, -0.2) is 32.6 Å². The fourth-order valence-electron chi connectivity index (χ4n) is 8.01. The SMILES string of the molecule is Cc1cn([C@H]2C[C@@H]3OP(=O)(O)OC[C@H]4O[C@@H](n5cc(C)c(=O)[nH]c5=O)C[C@@H]4OP(=O)(O)OC[C@H]4O[C@@H](n5cc(C)c(=O)[nH]c5=O)C[C@@H]4OP(=O)(O)OC/C=N/OCCCCCCOP(=O)(O)OC[C@H]3O2)c(=O)[nH]c1=O. The Labute approximate surface area is 422 Å². The molecule has 0 spiro atoms. The fraction of sp³-hybridized carbons (Fsp3) is 0.658. The maximum absolute atomic E-state index is 13.8. The van der Waals surface area contributed by atoms with E-state index in [0.29, 0.717) is 19.3 Å². The maximum Gasteiger partial charge on any atom is 0.472 e. The van der Waals surface area contributed by atoms with Crippen LogP contribution in [-0.4, -0.2) is 131 Å². The van der Waals surface area contributed by atoms with Crippen molar-refractivity contribution in [3.05, 3.63) is 97.8 Å². The summed E-state index contributed by atoms with van der Waals surface area (Å²) < 4.78 is 116. The molecule has 418 valence electrons. The summed E-state index contributed by atoms with van der Waals surface area (Å²) in [7, 11) is -20.6. The highest BCUT2D eigenvalue weighted by Crippen LogP contribution is 2.54. The molecule has 7 N–H and O–H groups in total. The zero-order chi connectivity index (χ0) is 54.5. The molecule has 33 nitrogen and oxygen atoms in total. The summed E-state index contributed by atoms with van der Waals surface area (Å²) in [6.45, 7) is 0.552. The number of aryl methyl sites for hydroxylation is 3. The molecular formula is C38H55N7O26P4. The number of nitrogens with one attached hydrogen (secondary N) is 3. The van der Waals surface area contributed by atoms with E-state index in [1.165, 1.54) is 20.8 Å². The minimum Gasteiger partial charge on any atom is -0.396 e. The van der Waals surface area contributed by atoms with Crippen LogP contribution in [0.1, 0.15) is 80.3 Å². The fourth-order valence-corrected chi connectivity index (χ4v) is 11.6. The topological polar surface area (TPSA) is 437 Å². The van der Waals surface area contributed by atoms with Gasteiger partial charge in [0.2, 0.25) is 0 Å². The van der Waals surface area contributed by atoms with Crippen LogP contribution in [0.4, 0.5) is 0 Å². The minimum absolute atomic E-state index is 0.0322. The number of nitrogens with zero attached hydrogens (tertiary/aromatic N) is 4. The number of aromatic nitrogens is 6. The predicted molar refractivity (Wildman–Crippen MR) is 250 cm³/mol. The Balaban J connectivity index is 1.14. The molecule has 37 heteroatoms.